The number of aliphatic hydroxyl groups excluding tert-OH is 1. The number of pyridine rings is 1. The van der Waals surface area contributed by atoms with Crippen LogP contribution in [0.15, 0.2) is 72.6 Å². The first-order chi connectivity index (χ1) is 19.1. The van der Waals surface area contributed by atoms with Gasteiger partial charge in [0.1, 0.15) is 11.5 Å². The lowest BCUT2D eigenvalue weighted by atomic mass is 9.93. The van der Waals surface area contributed by atoms with Gasteiger partial charge in [0, 0.05) is 23.6 Å². The minimum absolute atomic E-state index is 0.0264. The van der Waals surface area contributed by atoms with Gasteiger partial charge in [-0.2, -0.15) is 0 Å². The van der Waals surface area contributed by atoms with Crippen LogP contribution < -0.4 is 9.64 Å². The molecular formula is C32H34N2O6. The first-order valence-electron chi connectivity index (χ1n) is 13.4. The predicted octanol–water partition coefficient (Wildman–Crippen LogP) is 5.72. The number of aromatic nitrogens is 1. The van der Waals surface area contributed by atoms with Crippen LogP contribution in [0.25, 0.3) is 5.76 Å². The third kappa shape index (κ3) is 5.91. The highest BCUT2D eigenvalue weighted by atomic mass is 16.5. The molecule has 1 fully saturated rings. The summed E-state index contributed by atoms with van der Waals surface area (Å²) in [5.41, 5.74) is 3.00. The van der Waals surface area contributed by atoms with E-state index < -0.39 is 17.7 Å². The lowest BCUT2D eigenvalue weighted by Gasteiger charge is -2.25. The monoisotopic (exact) mass is 542 g/mol. The van der Waals surface area contributed by atoms with Crippen LogP contribution >= 0.6 is 0 Å². The van der Waals surface area contributed by atoms with Crippen LogP contribution in [0.1, 0.15) is 68.8 Å². The van der Waals surface area contributed by atoms with E-state index in [1.54, 1.807) is 80.8 Å². The Morgan fingerprint density at radius 2 is 1.77 bits per heavy atom. The molecule has 0 spiro atoms. The predicted molar refractivity (Wildman–Crippen MR) is 152 cm³/mol. The second-order valence-corrected chi connectivity index (χ2v) is 10.2. The van der Waals surface area contributed by atoms with Gasteiger partial charge in [0.15, 0.2) is 0 Å². The highest BCUT2D eigenvalue weighted by Gasteiger charge is 2.47. The zero-order valence-electron chi connectivity index (χ0n) is 23.4. The van der Waals surface area contributed by atoms with Crippen LogP contribution in [0.4, 0.5) is 5.69 Å². The lowest BCUT2D eigenvalue weighted by Crippen LogP contribution is -2.29. The van der Waals surface area contributed by atoms with Gasteiger partial charge in [-0.05, 0) is 79.8 Å². The minimum atomic E-state index is -0.903. The number of aliphatic hydroxyl groups is 1. The Hall–Kier alpha value is -4.46. The maximum Gasteiger partial charge on any atom is 0.310 e. The second kappa shape index (κ2) is 12.2. The fraction of sp³-hybridized carbons (Fsp3) is 0.312. The molecule has 1 saturated heterocycles. The van der Waals surface area contributed by atoms with Crippen molar-refractivity contribution in [1.29, 1.82) is 0 Å². The summed E-state index contributed by atoms with van der Waals surface area (Å²) in [6, 6.07) is 14.6. The maximum atomic E-state index is 13.5. The van der Waals surface area contributed by atoms with E-state index in [2.05, 4.69) is 4.98 Å². The topological polar surface area (TPSA) is 106 Å². The highest BCUT2D eigenvalue weighted by Crippen LogP contribution is 2.42. The number of esters is 1. The van der Waals surface area contributed by atoms with Gasteiger partial charge in [0.25, 0.3) is 11.7 Å². The maximum absolute atomic E-state index is 13.5. The SMILES string of the molecule is CCOc1ccc(/C(O)=C2/C(=O)C(=O)N(c3ccc(CC(=O)OC(C)C)cc3)C2c2cccnc2)cc1C(C)C. The molecule has 8 heteroatoms. The van der Waals surface area contributed by atoms with E-state index in [0.717, 1.165) is 5.56 Å². The van der Waals surface area contributed by atoms with Crippen molar-refractivity contribution in [3.05, 3.63) is 94.8 Å². The van der Waals surface area contributed by atoms with Crippen LogP contribution in [-0.4, -0.2) is 40.5 Å². The normalized spacial score (nSPS) is 16.6. The Kier molecular flexibility index (Phi) is 8.67. The molecule has 1 unspecified atom stereocenters. The van der Waals surface area contributed by atoms with Crippen molar-refractivity contribution >= 4 is 29.1 Å². The number of anilines is 1. The number of hydrogen-bond acceptors (Lipinski definition) is 7. The van der Waals surface area contributed by atoms with Gasteiger partial charge < -0.3 is 14.6 Å². The Morgan fingerprint density at radius 1 is 1.05 bits per heavy atom. The molecule has 4 rings (SSSR count). The van der Waals surface area contributed by atoms with Crippen molar-refractivity contribution in [2.45, 2.75) is 59.1 Å². The largest absolute Gasteiger partial charge is 0.507 e. The number of carbonyl (C=O) groups excluding carboxylic acids is 3. The Bertz CT molecular complexity index is 1430. The highest BCUT2D eigenvalue weighted by molar-refractivity contribution is 6.51. The van der Waals surface area contributed by atoms with Crippen molar-refractivity contribution < 1.29 is 29.0 Å². The van der Waals surface area contributed by atoms with Crippen LogP contribution in [-0.2, 0) is 25.5 Å². The van der Waals surface area contributed by atoms with Gasteiger partial charge in [-0.1, -0.05) is 32.0 Å². The van der Waals surface area contributed by atoms with Crippen LogP contribution in [0, 0.1) is 0 Å². The molecule has 1 aliphatic rings. The third-order valence-corrected chi connectivity index (χ3v) is 6.58. The summed E-state index contributed by atoms with van der Waals surface area (Å²) in [5.74, 6) is -1.38. The van der Waals surface area contributed by atoms with Crippen molar-refractivity contribution in [3.8, 4) is 5.75 Å². The van der Waals surface area contributed by atoms with E-state index in [1.807, 2.05) is 20.8 Å². The number of nitrogens with zero attached hydrogens (tertiary/aromatic N) is 2. The Morgan fingerprint density at radius 3 is 2.38 bits per heavy atom. The average Bonchev–Trinajstić information content (AvgIpc) is 3.19. The number of benzene rings is 2. The van der Waals surface area contributed by atoms with E-state index >= 15 is 0 Å². The minimum Gasteiger partial charge on any atom is -0.507 e. The molecule has 0 aliphatic carbocycles. The molecule has 40 heavy (non-hydrogen) atoms. The van der Waals surface area contributed by atoms with Crippen molar-refractivity contribution in [3.63, 3.8) is 0 Å². The number of Topliss-reactive ketones (excluding diaryl/α,β-unsaturated/α-hetero) is 1. The zero-order valence-corrected chi connectivity index (χ0v) is 23.4. The molecule has 1 aliphatic heterocycles. The van der Waals surface area contributed by atoms with Crippen LogP contribution in [0.5, 0.6) is 5.75 Å². The van der Waals surface area contributed by atoms with E-state index in [0.29, 0.717) is 34.7 Å². The second-order valence-electron chi connectivity index (χ2n) is 10.2. The summed E-state index contributed by atoms with van der Waals surface area (Å²) in [7, 11) is 0. The molecule has 0 saturated carbocycles. The fourth-order valence-electron chi connectivity index (χ4n) is 4.79. The molecule has 1 aromatic heterocycles. The molecule has 1 atom stereocenters. The van der Waals surface area contributed by atoms with Gasteiger partial charge in [-0.25, -0.2) is 0 Å². The summed E-state index contributed by atoms with van der Waals surface area (Å²) in [5, 5.41) is 11.5. The van der Waals surface area contributed by atoms with Gasteiger partial charge in [-0.3, -0.25) is 24.3 Å². The summed E-state index contributed by atoms with van der Waals surface area (Å²) < 4.78 is 11.0. The fourth-order valence-corrected chi connectivity index (χ4v) is 4.79. The molecule has 2 heterocycles. The van der Waals surface area contributed by atoms with Gasteiger partial charge in [0.2, 0.25) is 0 Å². The van der Waals surface area contributed by atoms with Crippen molar-refractivity contribution in [2.75, 3.05) is 11.5 Å². The van der Waals surface area contributed by atoms with Crippen molar-refractivity contribution in [2.24, 2.45) is 0 Å². The van der Waals surface area contributed by atoms with Crippen molar-refractivity contribution in [1.82, 2.24) is 4.98 Å². The number of hydrogen-bond donors (Lipinski definition) is 1. The van der Waals surface area contributed by atoms with Gasteiger partial charge in [-0.15, -0.1) is 0 Å². The van der Waals surface area contributed by atoms with Gasteiger partial charge in [0.05, 0.1) is 30.7 Å². The molecule has 3 aromatic rings. The van der Waals surface area contributed by atoms with E-state index in [-0.39, 0.29) is 35.7 Å². The number of rotatable bonds is 9. The van der Waals surface area contributed by atoms with Gasteiger partial charge >= 0.3 is 5.97 Å². The molecule has 0 bridgehead atoms. The first kappa shape index (κ1) is 28.5. The summed E-state index contributed by atoms with van der Waals surface area (Å²) >= 11 is 0. The van der Waals surface area contributed by atoms with Crippen LogP contribution in [0.3, 0.4) is 0 Å². The quantitative estimate of drug-likeness (QED) is 0.159. The smallest absolute Gasteiger partial charge is 0.310 e. The Balaban J connectivity index is 1.79. The van der Waals surface area contributed by atoms with Crippen LogP contribution in [0.2, 0.25) is 0 Å². The molecule has 8 nitrogen and oxygen atoms in total. The summed E-state index contributed by atoms with van der Waals surface area (Å²) in [6.45, 7) is 10.00. The Labute approximate surface area is 234 Å². The molecule has 208 valence electrons. The lowest BCUT2D eigenvalue weighted by molar-refractivity contribution is -0.146. The summed E-state index contributed by atoms with van der Waals surface area (Å²) in [6.07, 6.45) is 3.04. The molecule has 0 radical (unpaired) electrons. The molecule has 1 N–H and O–H groups in total. The number of carbonyl (C=O) groups is 3. The first-order valence-corrected chi connectivity index (χ1v) is 13.4. The molecular weight excluding hydrogens is 508 g/mol. The number of ketones is 1. The van der Waals surface area contributed by atoms with E-state index in [9.17, 15) is 19.5 Å². The third-order valence-electron chi connectivity index (χ3n) is 6.58. The zero-order chi connectivity index (χ0) is 29.0. The number of amides is 1. The molecule has 1 amide bonds. The number of ether oxygens (including phenoxy) is 2. The molecule has 2 aromatic carbocycles. The standard InChI is InChI=1S/C32H34N2O6/c1-6-39-26-14-11-22(17-25(26)19(2)3)30(36)28-29(23-8-7-15-33-18-23)34(32(38)31(28)37)24-12-9-21(10-13-24)16-27(35)40-20(4)5/h7-15,17-20,29,36H,6,16H2,1-5H3/b30-28-. The van der Waals surface area contributed by atoms with E-state index in [1.165, 1.54) is 4.90 Å². The summed E-state index contributed by atoms with van der Waals surface area (Å²) in [4.78, 5) is 44.6. The average molecular weight is 543 g/mol. The van der Waals surface area contributed by atoms with E-state index in [4.69, 9.17) is 9.47 Å².